The zero-order valence-corrected chi connectivity index (χ0v) is 28.8. The van der Waals surface area contributed by atoms with E-state index >= 15 is 0 Å². The number of aromatic nitrogens is 5. The monoisotopic (exact) mass is 788 g/mol. The van der Waals surface area contributed by atoms with E-state index in [4.69, 9.17) is 4.98 Å². The molecule has 0 atom stereocenters. The number of fused-ring (bicyclic) bond motifs is 7. The number of nitrogens with zero attached hydrogens (tertiary/aromatic N) is 5. The zero-order chi connectivity index (χ0) is 31.2. The van der Waals surface area contributed by atoms with Crippen molar-refractivity contribution < 1.29 is 25.6 Å². The first-order chi connectivity index (χ1) is 22.4. The quantitative estimate of drug-likeness (QED) is 0.130. The van der Waals surface area contributed by atoms with E-state index in [1.165, 1.54) is 27.1 Å². The molecule has 0 aliphatic carbocycles. The third-order valence-corrected chi connectivity index (χ3v) is 9.07. The fraction of sp³-hybridized carbons (Fsp3) is 0.122. The number of imidazole rings is 1. The summed E-state index contributed by atoms with van der Waals surface area (Å²) in [5.41, 5.74) is 10.2. The molecular formula is C41H31N5Pt-2. The van der Waals surface area contributed by atoms with Crippen molar-refractivity contribution in [3.05, 3.63) is 139 Å². The first kappa shape index (κ1) is 29.4. The van der Waals surface area contributed by atoms with Gasteiger partial charge in [0.25, 0.3) is 0 Å². The molecule has 0 bridgehead atoms. The van der Waals surface area contributed by atoms with Crippen LogP contribution in [-0.2, 0) is 33.5 Å². The summed E-state index contributed by atoms with van der Waals surface area (Å²) in [5, 5.41) is 4.75. The molecule has 232 valence electrons. The molecule has 4 aromatic heterocycles. The molecule has 0 N–H and O–H groups in total. The Bertz CT molecular complexity index is 2630. The van der Waals surface area contributed by atoms with E-state index in [0.717, 1.165) is 50.4 Å². The van der Waals surface area contributed by atoms with E-state index < -0.39 is 0 Å². The summed E-state index contributed by atoms with van der Waals surface area (Å²) < 4.78 is 8.67. The molecule has 0 saturated heterocycles. The number of benzene rings is 5. The molecule has 0 amide bonds. The van der Waals surface area contributed by atoms with Crippen LogP contribution in [0, 0.1) is 18.5 Å². The first-order valence-corrected chi connectivity index (χ1v) is 15.7. The van der Waals surface area contributed by atoms with Crippen molar-refractivity contribution in [2.45, 2.75) is 26.2 Å². The van der Waals surface area contributed by atoms with Crippen LogP contribution in [-0.4, -0.2) is 18.7 Å². The third-order valence-electron chi connectivity index (χ3n) is 9.07. The van der Waals surface area contributed by atoms with Gasteiger partial charge in [0.15, 0.2) is 0 Å². The second kappa shape index (κ2) is 10.8. The molecule has 4 heterocycles. The molecule has 0 saturated carbocycles. The number of para-hydroxylation sites is 5. The van der Waals surface area contributed by atoms with Crippen LogP contribution in [0.2, 0.25) is 0 Å². The van der Waals surface area contributed by atoms with Gasteiger partial charge in [-0.05, 0) is 23.1 Å². The molecule has 6 heteroatoms. The van der Waals surface area contributed by atoms with Crippen LogP contribution in [0.3, 0.4) is 0 Å². The molecule has 0 unspecified atom stereocenters. The van der Waals surface area contributed by atoms with Crippen LogP contribution >= 0.6 is 0 Å². The van der Waals surface area contributed by atoms with E-state index in [1.54, 1.807) is 0 Å². The molecule has 0 aliphatic heterocycles. The maximum atomic E-state index is 5.60. The predicted molar refractivity (Wildman–Crippen MR) is 186 cm³/mol. The minimum absolute atomic E-state index is 0. The smallest absolute Gasteiger partial charge is 0.242 e. The minimum atomic E-state index is -0.177. The first-order valence-electron chi connectivity index (χ1n) is 15.7. The molecule has 0 radical (unpaired) electrons. The topological polar surface area (TPSA) is 31.6 Å². The van der Waals surface area contributed by atoms with Crippen molar-refractivity contribution in [1.82, 2.24) is 18.7 Å². The van der Waals surface area contributed by atoms with Crippen molar-refractivity contribution in [2.24, 2.45) is 7.05 Å². The Morgan fingerprint density at radius 3 is 1.81 bits per heavy atom. The Morgan fingerprint density at radius 1 is 0.617 bits per heavy atom. The predicted octanol–water partition coefficient (Wildman–Crippen LogP) is 8.74. The largest absolute Gasteiger partial charge is 0.342 e. The Morgan fingerprint density at radius 2 is 1.17 bits per heavy atom. The standard InChI is InChI=1S/C41H31N5.Pt/c1-41(2,3)38-36-30-19-8-10-21-32(30)45(27-15-6-5-7-16-27)39(36)42-40-37(38)31-20-9-11-22-33(31)46(40)29-18-14-17-28(25-29)44-26-43(4)34-23-12-13-24-35(34)44;/h5-15,17-24H,1-4H3;/q-2;. The van der Waals surface area contributed by atoms with E-state index in [1.807, 2.05) is 23.7 Å². The van der Waals surface area contributed by atoms with E-state index in [0.29, 0.717) is 0 Å². The maximum Gasteiger partial charge on any atom is 0.242 e. The number of pyridine rings is 1. The van der Waals surface area contributed by atoms with Gasteiger partial charge in [0.2, 0.25) is 6.33 Å². The second-order valence-electron chi connectivity index (χ2n) is 13.0. The molecule has 0 fully saturated rings. The van der Waals surface area contributed by atoms with Gasteiger partial charge in [-0.2, -0.15) is 42.5 Å². The maximum absolute atomic E-state index is 5.60. The minimum Gasteiger partial charge on any atom is -0.342 e. The van der Waals surface area contributed by atoms with Crippen LogP contribution in [0.5, 0.6) is 0 Å². The second-order valence-corrected chi connectivity index (χ2v) is 13.0. The average Bonchev–Trinajstić information content (AvgIpc) is 3.71. The number of rotatable bonds is 3. The molecule has 0 aliphatic rings. The summed E-state index contributed by atoms with van der Waals surface area (Å²) in [7, 11) is 2.03. The van der Waals surface area contributed by atoms with Crippen molar-refractivity contribution in [3.8, 4) is 17.1 Å². The van der Waals surface area contributed by atoms with Crippen LogP contribution < -0.4 is 4.57 Å². The van der Waals surface area contributed by atoms with Crippen LogP contribution in [0.1, 0.15) is 26.3 Å². The van der Waals surface area contributed by atoms with Crippen molar-refractivity contribution in [3.63, 3.8) is 0 Å². The van der Waals surface area contributed by atoms with E-state index in [9.17, 15) is 0 Å². The Hall–Kier alpha value is -4.99. The molecule has 9 aromatic rings. The zero-order valence-electron chi connectivity index (χ0n) is 26.5. The summed E-state index contributed by atoms with van der Waals surface area (Å²) in [5.74, 6) is 0. The molecule has 47 heavy (non-hydrogen) atoms. The fourth-order valence-corrected chi connectivity index (χ4v) is 7.23. The van der Waals surface area contributed by atoms with E-state index in [2.05, 4.69) is 156 Å². The SMILES string of the molecule is C[n+]1[c-]n(-c2[c-]c(-n3c4ccccc4c4c(C(C)(C)C)c5c6ccccc6n(-c6[c-]cccc6)c5nc43)ccc2)c2ccccc21.[Pt]. The van der Waals surface area contributed by atoms with Gasteiger partial charge in [0, 0.05) is 42.6 Å². The molecular weight excluding hydrogens is 758 g/mol. The molecule has 0 spiro atoms. The summed E-state index contributed by atoms with van der Waals surface area (Å²) in [6, 6.07) is 47.4. The van der Waals surface area contributed by atoms with Gasteiger partial charge in [-0.25, -0.2) is 4.98 Å². The molecule has 5 nitrogen and oxygen atoms in total. The number of hydrogen-bond donors (Lipinski definition) is 0. The Labute approximate surface area is 287 Å². The molecule has 9 rings (SSSR count). The van der Waals surface area contributed by atoms with Crippen molar-refractivity contribution in [2.75, 3.05) is 0 Å². The number of aryl methyl sites for hydroxylation is 1. The normalized spacial score (nSPS) is 12.1. The van der Waals surface area contributed by atoms with E-state index in [-0.39, 0.29) is 26.5 Å². The summed E-state index contributed by atoms with van der Waals surface area (Å²) >= 11 is 0. The van der Waals surface area contributed by atoms with Crippen LogP contribution in [0.25, 0.3) is 72.0 Å². The third kappa shape index (κ3) is 4.33. The van der Waals surface area contributed by atoms with Gasteiger partial charge in [0.05, 0.1) is 29.1 Å². The average molecular weight is 789 g/mol. The van der Waals surface area contributed by atoms with Crippen molar-refractivity contribution >= 4 is 54.9 Å². The van der Waals surface area contributed by atoms with Gasteiger partial charge in [-0.1, -0.05) is 98.5 Å². The van der Waals surface area contributed by atoms with Crippen molar-refractivity contribution in [1.29, 1.82) is 0 Å². The Balaban J connectivity index is 0.00000324. The van der Waals surface area contributed by atoms with Gasteiger partial charge in [0.1, 0.15) is 11.3 Å². The van der Waals surface area contributed by atoms with Crippen LogP contribution in [0.4, 0.5) is 0 Å². The van der Waals surface area contributed by atoms with Crippen LogP contribution in [0.15, 0.2) is 115 Å². The number of hydrogen-bond acceptors (Lipinski definition) is 1. The Kier molecular flexibility index (Phi) is 6.75. The fourth-order valence-electron chi connectivity index (χ4n) is 7.23. The summed E-state index contributed by atoms with van der Waals surface area (Å²) in [6.45, 7) is 6.94. The summed E-state index contributed by atoms with van der Waals surface area (Å²) in [4.78, 5) is 5.60. The van der Waals surface area contributed by atoms with Gasteiger partial charge < -0.3 is 18.3 Å². The van der Waals surface area contributed by atoms with Gasteiger partial charge in [-0.3, -0.25) is 0 Å². The van der Waals surface area contributed by atoms with Gasteiger partial charge in [-0.15, -0.1) is 12.1 Å². The summed E-state index contributed by atoms with van der Waals surface area (Å²) in [6.07, 6.45) is 3.48. The molecule has 5 aromatic carbocycles. The van der Waals surface area contributed by atoms with Gasteiger partial charge >= 0.3 is 0 Å².